The van der Waals surface area contributed by atoms with Gasteiger partial charge in [-0.15, -0.1) is 0 Å². The molecular formula is C20H24O10. The molecule has 164 valence electrons. The summed E-state index contributed by atoms with van der Waals surface area (Å²) in [6.07, 6.45) is -8.98. The number of hydrogen-bond acceptors (Lipinski definition) is 10. The van der Waals surface area contributed by atoms with Crippen LogP contribution in [0.1, 0.15) is 18.3 Å². The fourth-order valence-corrected chi connectivity index (χ4v) is 5.17. The summed E-state index contributed by atoms with van der Waals surface area (Å²) in [6, 6.07) is 9.28. The summed E-state index contributed by atoms with van der Waals surface area (Å²) in [4.78, 5) is 0. The molecule has 3 bridgehead atoms. The van der Waals surface area contributed by atoms with Crippen molar-refractivity contribution in [2.75, 3.05) is 13.2 Å². The third kappa shape index (κ3) is 2.61. The van der Waals surface area contributed by atoms with Gasteiger partial charge in [0.25, 0.3) is 0 Å². The molecule has 5 aliphatic heterocycles. The lowest BCUT2D eigenvalue weighted by Crippen LogP contribution is -2.80. The van der Waals surface area contributed by atoms with Gasteiger partial charge in [-0.1, -0.05) is 30.3 Å². The normalized spacial score (nSPS) is 54.3. The molecule has 5 saturated heterocycles. The van der Waals surface area contributed by atoms with Gasteiger partial charge in [0.1, 0.15) is 48.3 Å². The van der Waals surface area contributed by atoms with Crippen molar-refractivity contribution >= 4 is 0 Å². The molecule has 1 aliphatic carbocycles. The van der Waals surface area contributed by atoms with Crippen LogP contribution in [0.15, 0.2) is 30.3 Å². The van der Waals surface area contributed by atoms with Crippen LogP contribution in [0.5, 0.6) is 0 Å². The highest BCUT2D eigenvalue weighted by Gasteiger charge is 2.78. The highest BCUT2D eigenvalue weighted by Crippen LogP contribution is 2.57. The molecule has 5 heterocycles. The maximum absolute atomic E-state index is 10.8. The van der Waals surface area contributed by atoms with Crippen LogP contribution in [0.25, 0.3) is 0 Å². The summed E-state index contributed by atoms with van der Waals surface area (Å²) in [6.45, 7) is 0.268. The molecule has 1 aromatic carbocycles. The molecule has 10 nitrogen and oxygen atoms in total. The van der Waals surface area contributed by atoms with Gasteiger partial charge < -0.3 is 48.8 Å². The van der Waals surface area contributed by atoms with Crippen molar-refractivity contribution in [3.05, 3.63) is 35.9 Å². The van der Waals surface area contributed by atoms with Crippen LogP contribution in [-0.4, -0.2) is 94.0 Å². The number of ether oxygens (including phenoxy) is 6. The zero-order chi connectivity index (χ0) is 20.7. The number of aliphatic hydroxyl groups excluding tert-OH is 3. The molecule has 10 heteroatoms. The van der Waals surface area contributed by atoms with E-state index in [4.69, 9.17) is 28.4 Å². The number of rotatable bonds is 3. The Hall–Kier alpha value is -1.18. The van der Waals surface area contributed by atoms with Crippen molar-refractivity contribution in [1.82, 2.24) is 0 Å². The van der Waals surface area contributed by atoms with Crippen LogP contribution in [0.3, 0.4) is 0 Å². The third-order valence-electron chi connectivity index (χ3n) is 6.78. The highest BCUT2D eigenvalue weighted by molar-refractivity contribution is 5.22. The minimum atomic E-state index is -1.57. The van der Waals surface area contributed by atoms with Crippen LogP contribution in [0, 0.1) is 0 Å². The lowest BCUT2D eigenvalue weighted by atomic mass is 9.65. The van der Waals surface area contributed by atoms with Gasteiger partial charge in [0.05, 0.1) is 13.2 Å². The van der Waals surface area contributed by atoms with Crippen molar-refractivity contribution in [2.45, 2.75) is 73.1 Å². The second-order valence-corrected chi connectivity index (χ2v) is 8.61. The Morgan fingerprint density at radius 1 is 0.967 bits per heavy atom. The van der Waals surface area contributed by atoms with E-state index in [-0.39, 0.29) is 19.6 Å². The Morgan fingerprint density at radius 3 is 2.53 bits per heavy atom. The van der Waals surface area contributed by atoms with Gasteiger partial charge in [-0.05, 0) is 0 Å². The van der Waals surface area contributed by atoms with E-state index < -0.39 is 66.7 Å². The van der Waals surface area contributed by atoms with E-state index in [0.29, 0.717) is 0 Å². The summed E-state index contributed by atoms with van der Waals surface area (Å²) < 4.78 is 34.5. The van der Waals surface area contributed by atoms with Crippen LogP contribution in [-0.2, 0) is 28.4 Å². The molecule has 1 aromatic rings. The van der Waals surface area contributed by atoms with Gasteiger partial charge >= 0.3 is 0 Å². The Morgan fingerprint density at radius 2 is 1.77 bits per heavy atom. The lowest BCUT2D eigenvalue weighted by molar-refractivity contribution is -0.436. The molecule has 30 heavy (non-hydrogen) atoms. The van der Waals surface area contributed by atoms with Crippen molar-refractivity contribution in [3.8, 4) is 0 Å². The first-order valence-corrected chi connectivity index (χ1v) is 10.1. The molecule has 1 saturated carbocycles. The number of fused-ring (bicyclic) bond motifs is 1. The molecule has 4 N–H and O–H groups in total. The zero-order valence-electron chi connectivity index (χ0n) is 15.9. The molecular weight excluding hydrogens is 400 g/mol. The van der Waals surface area contributed by atoms with E-state index in [1.54, 1.807) is 0 Å². The Balaban J connectivity index is 1.17. The molecule has 0 amide bonds. The van der Waals surface area contributed by atoms with E-state index >= 15 is 0 Å². The standard InChI is InChI=1S/C20H24O10/c21-12-13(22)17(29-15-11-7-26-20(30-11)8-19(15,24)18(20)23)27-10-6-25-16(28-14(10)12)9-4-2-1-3-5-9/h1-5,10-18,21-24H,6-8H2/t10?,11?,12?,13-,14+,15+,16?,17-,18-,19?,20?/m0/s1. The summed E-state index contributed by atoms with van der Waals surface area (Å²) in [5, 5.41) is 42.5. The van der Waals surface area contributed by atoms with Crippen LogP contribution in [0.2, 0.25) is 0 Å². The molecule has 6 aliphatic rings. The summed E-state index contributed by atoms with van der Waals surface area (Å²) in [5.41, 5.74) is -0.774. The average Bonchev–Trinajstić information content (AvgIpc) is 3.13. The first-order chi connectivity index (χ1) is 14.4. The first-order valence-electron chi connectivity index (χ1n) is 10.1. The molecule has 6 fully saturated rings. The minimum Gasteiger partial charge on any atom is -0.387 e. The molecule has 0 aromatic heterocycles. The highest BCUT2D eigenvalue weighted by atomic mass is 16.8. The monoisotopic (exact) mass is 424 g/mol. The topological polar surface area (TPSA) is 136 Å². The van der Waals surface area contributed by atoms with Crippen LogP contribution < -0.4 is 0 Å². The van der Waals surface area contributed by atoms with Crippen LogP contribution >= 0.6 is 0 Å². The van der Waals surface area contributed by atoms with Crippen molar-refractivity contribution in [1.29, 1.82) is 0 Å². The molecule has 11 atom stereocenters. The quantitative estimate of drug-likeness (QED) is 0.456. The van der Waals surface area contributed by atoms with E-state index in [2.05, 4.69) is 0 Å². The Labute approximate surface area is 171 Å². The van der Waals surface area contributed by atoms with Gasteiger partial charge in [-0.2, -0.15) is 0 Å². The smallest absolute Gasteiger partial charge is 0.200 e. The predicted molar refractivity (Wildman–Crippen MR) is 94.7 cm³/mol. The van der Waals surface area contributed by atoms with Gasteiger partial charge in [0.15, 0.2) is 12.6 Å². The number of aliphatic hydroxyl groups is 4. The molecule has 1 spiro atoms. The predicted octanol–water partition coefficient (Wildman–Crippen LogP) is -1.45. The second-order valence-electron chi connectivity index (χ2n) is 8.61. The fourth-order valence-electron chi connectivity index (χ4n) is 5.17. The second kappa shape index (κ2) is 6.66. The van der Waals surface area contributed by atoms with Crippen LogP contribution in [0.4, 0.5) is 0 Å². The summed E-state index contributed by atoms with van der Waals surface area (Å²) in [7, 11) is 0. The van der Waals surface area contributed by atoms with E-state index in [1.165, 1.54) is 0 Å². The van der Waals surface area contributed by atoms with Crippen molar-refractivity contribution in [2.24, 2.45) is 0 Å². The Bertz CT molecular complexity index is 806. The SMILES string of the molecule is OC1[C@@H]2OC(c3ccccc3)OCC2O[C@@H](O[C@@H]2C3COC4(CC2(O)[C@@H]4O)O3)[C@H]1O. The van der Waals surface area contributed by atoms with Gasteiger partial charge in [-0.3, -0.25) is 0 Å². The maximum atomic E-state index is 10.8. The molecule has 7 rings (SSSR count). The van der Waals surface area contributed by atoms with Crippen molar-refractivity contribution in [3.63, 3.8) is 0 Å². The van der Waals surface area contributed by atoms with E-state index in [9.17, 15) is 20.4 Å². The largest absolute Gasteiger partial charge is 0.387 e. The van der Waals surface area contributed by atoms with Gasteiger partial charge in [0.2, 0.25) is 5.79 Å². The van der Waals surface area contributed by atoms with Gasteiger partial charge in [-0.25, -0.2) is 0 Å². The fraction of sp³-hybridized carbons (Fsp3) is 0.700. The van der Waals surface area contributed by atoms with Crippen molar-refractivity contribution < 1.29 is 48.8 Å². The first kappa shape index (κ1) is 19.5. The third-order valence-corrected chi connectivity index (χ3v) is 6.78. The van der Waals surface area contributed by atoms with E-state index in [0.717, 1.165) is 5.56 Å². The summed E-state index contributed by atoms with van der Waals surface area (Å²) in [5.74, 6) is -1.17. The van der Waals surface area contributed by atoms with E-state index in [1.807, 2.05) is 30.3 Å². The van der Waals surface area contributed by atoms with Gasteiger partial charge in [0, 0.05) is 12.0 Å². The average molecular weight is 424 g/mol. The lowest BCUT2D eigenvalue weighted by Gasteiger charge is -2.60. The minimum absolute atomic E-state index is 0.0603. The summed E-state index contributed by atoms with van der Waals surface area (Å²) >= 11 is 0. The molecule has 6 unspecified atom stereocenters. The number of benzene rings is 1. The number of hydrogen-bond donors (Lipinski definition) is 4. The zero-order valence-corrected chi connectivity index (χ0v) is 15.9. The Kier molecular flexibility index (Phi) is 4.33. The maximum Gasteiger partial charge on any atom is 0.200 e. The molecule has 0 radical (unpaired) electrons.